The molecule has 6 nitrogen and oxygen atoms in total. The fourth-order valence-corrected chi connectivity index (χ4v) is 5.74. The number of hydrogen-bond acceptors (Lipinski definition) is 4. The molecule has 0 bridgehead atoms. The zero-order chi connectivity index (χ0) is 22.8. The number of fused-ring (bicyclic) bond motifs is 8. The molecule has 0 aliphatic carbocycles. The molecule has 6 heteroatoms. The highest BCUT2D eigenvalue weighted by Crippen LogP contribution is 2.46. The quantitative estimate of drug-likeness (QED) is 0.355. The number of ether oxygens (including phenoxy) is 2. The molecule has 34 heavy (non-hydrogen) atoms. The number of aromatic amines is 1. The van der Waals surface area contributed by atoms with Crippen LogP contribution in [-0.4, -0.2) is 33.7 Å². The van der Waals surface area contributed by atoms with Gasteiger partial charge in [0.25, 0.3) is 0 Å². The molecule has 2 aromatic carbocycles. The van der Waals surface area contributed by atoms with E-state index in [2.05, 4.69) is 58.2 Å². The summed E-state index contributed by atoms with van der Waals surface area (Å²) in [4.78, 5) is 13.6. The molecule has 5 heterocycles. The van der Waals surface area contributed by atoms with Gasteiger partial charge < -0.3 is 19.0 Å². The lowest BCUT2D eigenvalue weighted by Gasteiger charge is -2.31. The van der Waals surface area contributed by atoms with Crippen LogP contribution in [0.3, 0.4) is 0 Å². The Morgan fingerprint density at radius 1 is 0.971 bits per heavy atom. The van der Waals surface area contributed by atoms with Crippen molar-refractivity contribution in [2.24, 2.45) is 0 Å². The van der Waals surface area contributed by atoms with E-state index < -0.39 is 0 Å². The fourth-order valence-electron chi connectivity index (χ4n) is 5.74. The van der Waals surface area contributed by atoms with Crippen LogP contribution in [0.5, 0.6) is 11.5 Å². The second kappa shape index (κ2) is 7.22. The monoisotopic (exact) mass is 448 g/mol. The lowest BCUT2D eigenvalue weighted by atomic mass is 9.93. The van der Waals surface area contributed by atoms with Gasteiger partial charge in [-0.05, 0) is 31.4 Å². The van der Waals surface area contributed by atoms with Crippen molar-refractivity contribution in [1.29, 1.82) is 0 Å². The minimum Gasteiger partial charge on any atom is -0.494 e. The minimum absolute atomic E-state index is 0.0725. The van der Waals surface area contributed by atoms with E-state index in [0.29, 0.717) is 0 Å². The summed E-state index contributed by atoms with van der Waals surface area (Å²) in [5.74, 6) is 1.63. The third kappa shape index (κ3) is 2.56. The molecule has 0 saturated carbocycles. The highest BCUT2D eigenvalue weighted by Gasteiger charge is 2.31. The van der Waals surface area contributed by atoms with Gasteiger partial charge in [-0.2, -0.15) is 0 Å². The minimum atomic E-state index is 0.0725. The van der Waals surface area contributed by atoms with Crippen molar-refractivity contribution in [3.63, 3.8) is 0 Å². The molecule has 0 saturated heterocycles. The second-order valence-electron chi connectivity index (χ2n) is 8.94. The molecular formula is C28H24N4O2. The van der Waals surface area contributed by atoms with E-state index in [1.807, 2.05) is 12.3 Å². The van der Waals surface area contributed by atoms with Crippen LogP contribution in [-0.2, 0) is 6.42 Å². The average Bonchev–Trinajstić information content (AvgIpc) is 3.47. The molecule has 2 aromatic heterocycles. The molecule has 1 N–H and O–H groups in total. The molecular weight excluding hydrogens is 424 g/mol. The summed E-state index contributed by atoms with van der Waals surface area (Å²) in [5.41, 5.74) is 7.52. The van der Waals surface area contributed by atoms with Crippen LogP contribution in [0.4, 0.5) is 0 Å². The molecule has 0 fully saturated rings. The summed E-state index contributed by atoms with van der Waals surface area (Å²) < 4.78 is 14.0. The Morgan fingerprint density at radius 2 is 1.76 bits per heavy atom. The third-order valence-corrected chi connectivity index (χ3v) is 7.24. The smallest absolute Gasteiger partial charge is 0.147 e. The molecule has 0 spiro atoms. The number of nitrogens with zero attached hydrogens (tertiary/aromatic N) is 3. The first kappa shape index (κ1) is 19.4. The van der Waals surface area contributed by atoms with Crippen molar-refractivity contribution in [1.82, 2.24) is 19.5 Å². The van der Waals surface area contributed by atoms with Crippen LogP contribution in [0.15, 0.2) is 60.9 Å². The van der Waals surface area contributed by atoms with Crippen LogP contribution in [0.1, 0.15) is 30.3 Å². The molecule has 168 valence electrons. The first-order valence-electron chi connectivity index (χ1n) is 11.7. The van der Waals surface area contributed by atoms with Gasteiger partial charge in [0, 0.05) is 28.2 Å². The number of aromatic nitrogens is 4. The first-order valence-corrected chi connectivity index (χ1v) is 11.7. The molecule has 0 radical (unpaired) electrons. The number of H-pyrrole nitrogens is 1. The summed E-state index contributed by atoms with van der Waals surface area (Å²) in [7, 11) is 3.44. The highest BCUT2D eigenvalue weighted by molar-refractivity contribution is 6.11. The van der Waals surface area contributed by atoms with Crippen LogP contribution in [0, 0.1) is 0 Å². The van der Waals surface area contributed by atoms with Gasteiger partial charge in [0.2, 0.25) is 0 Å². The summed E-state index contributed by atoms with van der Waals surface area (Å²) in [6.45, 7) is 0. The maximum atomic E-state index is 5.91. The second-order valence-corrected chi connectivity index (χ2v) is 8.94. The number of hydrogen-bond donors (Lipinski definition) is 1. The van der Waals surface area contributed by atoms with Gasteiger partial charge in [-0.25, -0.2) is 4.98 Å². The number of nitrogens with one attached hydrogen (secondary N) is 1. The van der Waals surface area contributed by atoms with Crippen LogP contribution in [0.25, 0.3) is 44.0 Å². The molecule has 3 aliphatic heterocycles. The normalized spacial score (nSPS) is 15.9. The van der Waals surface area contributed by atoms with E-state index in [0.717, 1.165) is 80.4 Å². The third-order valence-electron chi connectivity index (χ3n) is 7.24. The van der Waals surface area contributed by atoms with Crippen LogP contribution >= 0.6 is 0 Å². The van der Waals surface area contributed by atoms with Crippen molar-refractivity contribution in [3.8, 4) is 22.8 Å². The Morgan fingerprint density at radius 3 is 2.62 bits per heavy atom. The lowest BCUT2D eigenvalue weighted by molar-refractivity contribution is 0.392. The largest absolute Gasteiger partial charge is 0.494 e. The van der Waals surface area contributed by atoms with E-state index in [9.17, 15) is 0 Å². The van der Waals surface area contributed by atoms with Crippen molar-refractivity contribution < 1.29 is 9.47 Å². The van der Waals surface area contributed by atoms with Gasteiger partial charge in [-0.1, -0.05) is 36.4 Å². The summed E-state index contributed by atoms with van der Waals surface area (Å²) in [5, 5.41) is 3.37. The Balaban J connectivity index is 1.52. The predicted molar refractivity (Wildman–Crippen MR) is 134 cm³/mol. The molecule has 1 unspecified atom stereocenters. The fraction of sp³-hybridized carbons (Fsp3) is 0.214. The van der Waals surface area contributed by atoms with Gasteiger partial charge >= 0.3 is 0 Å². The summed E-state index contributed by atoms with van der Waals surface area (Å²) in [6, 6.07) is 16.7. The first-order chi connectivity index (χ1) is 16.8. The number of rotatable bonds is 3. The van der Waals surface area contributed by atoms with Crippen molar-refractivity contribution in [2.45, 2.75) is 25.3 Å². The Labute approximate surface area is 196 Å². The summed E-state index contributed by atoms with van der Waals surface area (Å²) >= 11 is 0. The molecule has 3 aliphatic rings. The number of methoxy groups -OCH3 is 2. The Hall–Kier alpha value is -4.06. The maximum absolute atomic E-state index is 5.91. The van der Waals surface area contributed by atoms with Gasteiger partial charge in [0.1, 0.15) is 11.5 Å². The van der Waals surface area contributed by atoms with E-state index >= 15 is 0 Å². The zero-order valence-electron chi connectivity index (χ0n) is 19.1. The average molecular weight is 449 g/mol. The van der Waals surface area contributed by atoms with Gasteiger partial charge in [0.15, 0.2) is 0 Å². The predicted octanol–water partition coefficient (Wildman–Crippen LogP) is 6.11. The number of para-hydroxylation sites is 2. The summed E-state index contributed by atoms with van der Waals surface area (Å²) in [6.07, 6.45) is 7.06. The molecule has 1 atom stereocenters. The van der Waals surface area contributed by atoms with E-state index in [4.69, 9.17) is 19.4 Å². The number of benzene rings is 2. The van der Waals surface area contributed by atoms with Crippen molar-refractivity contribution in [2.75, 3.05) is 14.2 Å². The maximum Gasteiger partial charge on any atom is 0.147 e. The standard InChI is InChI=1S/C28H24N4O2/c1-33-22-14-29-27(28-24(22)16-8-3-6-11-19(16)31-28)21-13-7-12-20-26-25(23(34-2)15-32(20)21)17-9-4-5-10-18(17)30-26/h3-6,8-11,14-15,21,31H,7,12-13H2,1-2H3. The highest BCUT2D eigenvalue weighted by atomic mass is 16.5. The lowest BCUT2D eigenvalue weighted by Crippen LogP contribution is -2.23. The van der Waals surface area contributed by atoms with E-state index in [-0.39, 0.29) is 6.04 Å². The molecule has 4 aromatic rings. The van der Waals surface area contributed by atoms with Crippen molar-refractivity contribution >= 4 is 32.7 Å². The van der Waals surface area contributed by atoms with Gasteiger partial charge in [0.05, 0.1) is 59.8 Å². The SMILES string of the molecule is COc1cn2c(c3nc4ccccc4c1-3)CCCC2c1ncc(OC)c2c1[nH]c1ccccc12. The van der Waals surface area contributed by atoms with E-state index in [1.54, 1.807) is 14.2 Å². The molecule has 0 amide bonds. The Bertz CT molecular complexity index is 1680. The topological polar surface area (TPSA) is 65.0 Å². The van der Waals surface area contributed by atoms with Gasteiger partial charge in [-0.15, -0.1) is 0 Å². The van der Waals surface area contributed by atoms with Crippen molar-refractivity contribution in [3.05, 3.63) is 72.3 Å². The Kier molecular flexibility index (Phi) is 4.12. The zero-order valence-corrected chi connectivity index (χ0v) is 19.1. The number of pyridine rings is 2. The van der Waals surface area contributed by atoms with Crippen LogP contribution in [0.2, 0.25) is 0 Å². The molecule has 7 rings (SSSR count). The van der Waals surface area contributed by atoms with Crippen LogP contribution < -0.4 is 9.47 Å². The van der Waals surface area contributed by atoms with E-state index in [1.165, 1.54) is 5.69 Å². The van der Waals surface area contributed by atoms with Gasteiger partial charge in [-0.3, -0.25) is 4.98 Å².